The Morgan fingerprint density at radius 1 is 1.05 bits per heavy atom. The highest BCUT2D eigenvalue weighted by Gasteiger charge is 2.20. The highest BCUT2D eigenvalue weighted by Crippen LogP contribution is 2.29. The van der Waals surface area contributed by atoms with Crippen molar-refractivity contribution in [3.8, 4) is 0 Å². The SMILES string of the molecule is NNC(Cc1cccc(F)c1F)c1c(F)cccc1Br. The zero-order chi connectivity index (χ0) is 14.7. The lowest BCUT2D eigenvalue weighted by Gasteiger charge is -2.19. The Morgan fingerprint density at radius 2 is 1.70 bits per heavy atom. The molecule has 6 heteroatoms. The van der Waals surface area contributed by atoms with Gasteiger partial charge in [-0.1, -0.05) is 34.1 Å². The summed E-state index contributed by atoms with van der Waals surface area (Å²) in [5.41, 5.74) is 2.84. The summed E-state index contributed by atoms with van der Waals surface area (Å²) in [5.74, 6) is 3.07. The van der Waals surface area contributed by atoms with Crippen LogP contribution in [0.25, 0.3) is 0 Å². The van der Waals surface area contributed by atoms with E-state index in [1.807, 2.05) is 0 Å². The highest BCUT2D eigenvalue weighted by atomic mass is 79.9. The third kappa shape index (κ3) is 3.03. The fourth-order valence-corrected chi connectivity index (χ4v) is 2.63. The number of benzene rings is 2. The number of rotatable bonds is 4. The van der Waals surface area contributed by atoms with Crippen molar-refractivity contribution in [1.82, 2.24) is 5.43 Å². The first-order valence-corrected chi connectivity index (χ1v) is 6.66. The lowest BCUT2D eigenvalue weighted by Crippen LogP contribution is -2.31. The maximum Gasteiger partial charge on any atom is 0.162 e. The van der Waals surface area contributed by atoms with Crippen LogP contribution in [-0.4, -0.2) is 0 Å². The van der Waals surface area contributed by atoms with Crippen LogP contribution in [0.5, 0.6) is 0 Å². The van der Waals surface area contributed by atoms with Crippen LogP contribution < -0.4 is 11.3 Å². The summed E-state index contributed by atoms with van der Waals surface area (Å²) >= 11 is 3.23. The fraction of sp³-hybridized carbons (Fsp3) is 0.143. The zero-order valence-corrected chi connectivity index (χ0v) is 11.9. The molecule has 0 bridgehead atoms. The zero-order valence-electron chi connectivity index (χ0n) is 10.3. The smallest absolute Gasteiger partial charge is 0.162 e. The molecule has 0 aliphatic heterocycles. The molecule has 2 nitrogen and oxygen atoms in total. The first-order valence-electron chi connectivity index (χ1n) is 5.87. The van der Waals surface area contributed by atoms with Crippen molar-refractivity contribution in [3.63, 3.8) is 0 Å². The molecule has 1 atom stereocenters. The summed E-state index contributed by atoms with van der Waals surface area (Å²) in [6, 6.07) is 7.68. The van der Waals surface area contributed by atoms with Crippen molar-refractivity contribution in [3.05, 3.63) is 69.4 Å². The van der Waals surface area contributed by atoms with E-state index in [0.29, 0.717) is 4.47 Å². The van der Waals surface area contributed by atoms with E-state index < -0.39 is 23.5 Å². The molecule has 0 saturated carbocycles. The predicted octanol–water partition coefficient (Wildman–Crippen LogP) is 3.61. The van der Waals surface area contributed by atoms with Crippen molar-refractivity contribution in [2.75, 3.05) is 0 Å². The maximum absolute atomic E-state index is 13.9. The van der Waals surface area contributed by atoms with Crippen molar-refractivity contribution in [1.29, 1.82) is 0 Å². The molecule has 106 valence electrons. The van der Waals surface area contributed by atoms with E-state index in [4.69, 9.17) is 5.84 Å². The van der Waals surface area contributed by atoms with Crippen LogP contribution >= 0.6 is 15.9 Å². The van der Waals surface area contributed by atoms with Gasteiger partial charge in [0.15, 0.2) is 11.6 Å². The minimum atomic E-state index is -0.944. The second-order valence-electron chi connectivity index (χ2n) is 4.27. The van der Waals surface area contributed by atoms with Gasteiger partial charge in [0.25, 0.3) is 0 Å². The number of hydrogen-bond acceptors (Lipinski definition) is 2. The summed E-state index contributed by atoms with van der Waals surface area (Å²) in [6.45, 7) is 0. The normalized spacial score (nSPS) is 12.4. The first kappa shape index (κ1) is 15.0. The summed E-state index contributed by atoms with van der Waals surface area (Å²) in [5, 5.41) is 0. The summed E-state index contributed by atoms with van der Waals surface area (Å²) in [4.78, 5) is 0. The molecule has 0 radical (unpaired) electrons. The first-order chi connectivity index (χ1) is 9.54. The molecule has 0 fully saturated rings. The topological polar surface area (TPSA) is 38.0 Å². The van der Waals surface area contributed by atoms with Gasteiger partial charge in [-0.3, -0.25) is 11.3 Å². The minimum absolute atomic E-state index is 0.0274. The van der Waals surface area contributed by atoms with E-state index in [0.717, 1.165) is 6.07 Å². The molecular weight excluding hydrogens is 333 g/mol. The van der Waals surface area contributed by atoms with E-state index in [1.54, 1.807) is 12.1 Å². The Kier molecular flexibility index (Phi) is 4.80. The standard InChI is InChI=1S/C14H12BrF3N2/c15-9-4-2-5-10(16)13(9)12(20-19)7-8-3-1-6-11(17)14(8)18/h1-6,12,20H,7,19H2. The molecule has 0 aromatic heterocycles. The van der Waals surface area contributed by atoms with Crippen molar-refractivity contribution in [2.45, 2.75) is 12.5 Å². The van der Waals surface area contributed by atoms with Gasteiger partial charge >= 0.3 is 0 Å². The summed E-state index contributed by atoms with van der Waals surface area (Å²) < 4.78 is 41.2. The van der Waals surface area contributed by atoms with Crippen molar-refractivity contribution in [2.24, 2.45) is 5.84 Å². The molecule has 0 amide bonds. The van der Waals surface area contributed by atoms with Gasteiger partial charge in [-0.2, -0.15) is 0 Å². The lowest BCUT2D eigenvalue weighted by atomic mass is 9.98. The van der Waals surface area contributed by atoms with Crippen LogP contribution in [0.3, 0.4) is 0 Å². The van der Waals surface area contributed by atoms with Gasteiger partial charge in [0, 0.05) is 10.0 Å². The average Bonchev–Trinajstić information content (AvgIpc) is 2.42. The van der Waals surface area contributed by atoms with Gasteiger partial charge in [-0.25, -0.2) is 13.2 Å². The lowest BCUT2D eigenvalue weighted by molar-refractivity contribution is 0.471. The minimum Gasteiger partial charge on any atom is -0.271 e. The van der Waals surface area contributed by atoms with E-state index >= 15 is 0 Å². The van der Waals surface area contributed by atoms with Gasteiger partial charge in [0.2, 0.25) is 0 Å². The maximum atomic E-state index is 13.9. The Bertz CT molecular complexity index is 599. The third-order valence-electron chi connectivity index (χ3n) is 3.00. The molecule has 2 aromatic rings. The monoisotopic (exact) mass is 344 g/mol. The second kappa shape index (κ2) is 6.39. The van der Waals surface area contributed by atoms with Gasteiger partial charge in [0.1, 0.15) is 5.82 Å². The molecule has 0 heterocycles. The number of hydrazine groups is 1. The van der Waals surface area contributed by atoms with Crippen LogP contribution in [0.15, 0.2) is 40.9 Å². The van der Waals surface area contributed by atoms with Crippen LogP contribution in [0.2, 0.25) is 0 Å². The molecule has 20 heavy (non-hydrogen) atoms. The molecule has 0 spiro atoms. The van der Waals surface area contributed by atoms with Crippen molar-refractivity contribution >= 4 is 15.9 Å². The van der Waals surface area contributed by atoms with Crippen LogP contribution in [0, 0.1) is 17.5 Å². The Morgan fingerprint density at radius 3 is 2.35 bits per heavy atom. The van der Waals surface area contributed by atoms with Gasteiger partial charge in [-0.05, 0) is 30.2 Å². The number of halogens is 4. The summed E-state index contributed by atoms with van der Waals surface area (Å²) in [7, 11) is 0. The largest absolute Gasteiger partial charge is 0.271 e. The molecule has 2 rings (SSSR count). The average molecular weight is 345 g/mol. The predicted molar refractivity (Wildman–Crippen MR) is 74.2 cm³/mol. The molecule has 3 N–H and O–H groups in total. The van der Waals surface area contributed by atoms with Crippen LogP contribution in [-0.2, 0) is 6.42 Å². The van der Waals surface area contributed by atoms with Crippen molar-refractivity contribution < 1.29 is 13.2 Å². The molecule has 2 aromatic carbocycles. The molecule has 0 aliphatic carbocycles. The van der Waals surface area contributed by atoms with Crippen LogP contribution in [0.4, 0.5) is 13.2 Å². The van der Waals surface area contributed by atoms with E-state index in [1.165, 1.54) is 18.2 Å². The Hall–Kier alpha value is -1.37. The highest BCUT2D eigenvalue weighted by molar-refractivity contribution is 9.10. The van der Waals surface area contributed by atoms with E-state index in [-0.39, 0.29) is 17.5 Å². The molecule has 0 aliphatic rings. The number of hydrogen-bond donors (Lipinski definition) is 2. The quantitative estimate of drug-likeness (QED) is 0.656. The third-order valence-corrected chi connectivity index (χ3v) is 3.70. The number of nitrogens with one attached hydrogen (secondary N) is 1. The Balaban J connectivity index is 2.37. The molecule has 0 saturated heterocycles. The van der Waals surface area contributed by atoms with E-state index in [2.05, 4.69) is 21.4 Å². The fourth-order valence-electron chi connectivity index (χ4n) is 2.01. The number of nitrogens with two attached hydrogens (primary N) is 1. The van der Waals surface area contributed by atoms with Gasteiger partial charge in [0.05, 0.1) is 6.04 Å². The van der Waals surface area contributed by atoms with Gasteiger partial charge in [-0.15, -0.1) is 0 Å². The van der Waals surface area contributed by atoms with Crippen LogP contribution in [0.1, 0.15) is 17.2 Å². The van der Waals surface area contributed by atoms with Gasteiger partial charge < -0.3 is 0 Å². The second-order valence-corrected chi connectivity index (χ2v) is 5.13. The molecular formula is C14H12BrF3N2. The van der Waals surface area contributed by atoms with E-state index in [9.17, 15) is 13.2 Å². The summed E-state index contributed by atoms with van der Waals surface area (Å²) in [6.07, 6.45) is 0.0274. The molecule has 1 unspecified atom stereocenters. The Labute approximate surface area is 122 Å².